The Hall–Kier alpha value is -2.98. The van der Waals surface area contributed by atoms with E-state index in [1.807, 2.05) is 27.7 Å². The van der Waals surface area contributed by atoms with Crippen molar-refractivity contribution >= 4 is 35.4 Å². The second-order valence-electron chi connectivity index (χ2n) is 16.4. The van der Waals surface area contributed by atoms with Crippen LogP contribution in [0.5, 0.6) is 0 Å². The summed E-state index contributed by atoms with van der Waals surface area (Å²) < 4.78 is 5.51. The number of Topliss-reactive ketones (excluding diaryl/α,β-unsaturated/α-hetero) is 2. The summed E-state index contributed by atoms with van der Waals surface area (Å²) in [5.41, 5.74) is -1.07. The molecule has 0 aromatic carbocycles. The van der Waals surface area contributed by atoms with Crippen LogP contribution in [0.4, 0.5) is 4.79 Å². The number of amides is 4. The highest BCUT2D eigenvalue weighted by Gasteiger charge is 2.69. The highest BCUT2D eigenvalue weighted by molar-refractivity contribution is 6.38. The zero-order valence-corrected chi connectivity index (χ0v) is 29.5. The van der Waals surface area contributed by atoms with Crippen molar-refractivity contribution in [3.63, 3.8) is 0 Å². The van der Waals surface area contributed by atoms with Crippen LogP contribution < -0.4 is 16.0 Å². The van der Waals surface area contributed by atoms with Gasteiger partial charge in [-0.1, -0.05) is 67.2 Å². The average Bonchev–Trinajstić information content (AvgIpc) is 3.25. The Morgan fingerprint density at radius 1 is 0.935 bits per heavy atom. The number of likely N-dealkylation sites (tertiary alicyclic amines) is 1. The van der Waals surface area contributed by atoms with Gasteiger partial charge in [-0.15, -0.1) is 0 Å². The Labute approximate surface area is 275 Å². The fourth-order valence-electron chi connectivity index (χ4n) is 7.33. The minimum Gasteiger partial charge on any atom is -0.444 e. The van der Waals surface area contributed by atoms with E-state index in [9.17, 15) is 28.8 Å². The van der Waals surface area contributed by atoms with Gasteiger partial charge in [0.05, 0.1) is 6.04 Å². The number of rotatable bonds is 13. The quantitative estimate of drug-likeness (QED) is 0.252. The predicted octanol–water partition coefficient (Wildman–Crippen LogP) is 4.31. The lowest BCUT2D eigenvalue weighted by Gasteiger charge is -2.37. The van der Waals surface area contributed by atoms with E-state index in [-0.39, 0.29) is 59.7 Å². The van der Waals surface area contributed by atoms with Crippen LogP contribution in [0.1, 0.15) is 120 Å². The molecule has 2 aliphatic carbocycles. The number of piperidine rings is 1. The molecule has 3 aliphatic rings. The first kappa shape index (κ1) is 37.5. The van der Waals surface area contributed by atoms with Crippen LogP contribution in [0.2, 0.25) is 0 Å². The summed E-state index contributed by atoms with van der Waals surface area (Å²) in [5.74, 6) is -2.46. The Bertz CT molecular complexity index is 1160. The molecule has 1 saturated heterocycles. The van der Waals surface area contributed by atoms with Gasteiger partial charge < -0.3 is 25.6 Å². The SMILES string of the molecule is CCCC(NC(=O)[C@@H]1[C@@H]2[C@H](CN1C(=O)C(NC(=O)OC(C)(C)C)C1CCCCC1)C2(C)C)C(=O)C(=O)NCCC(=O)CC(C)(C)C. The Balaban J connectivity index is 1.75. The fourth-order valence-corrected chi connectivity index (χ4v) is 7.33. The van der Waals surface area contributed by atoms with Crippen LogP contribution in [0.25, 0.3) is 0 Å². The van der Waals surface area contributed by atoms with E-state index in [2.05, 4.69) is 29.8 Å². The monoisotopic (exact) mass is 646 g/mol. The van der Waals surface area contributed by atoms with Gasteiger partial charge >= 0.3 is 6.09 Å². The third kappa shape index (κ3) is 9.77. The first-order chi connectivity index (χ1) is 21.3. The van der Waals surface area contributed by atoms with Gasteiger partial charge in [-0.3, -0.25) is 24.0 Å². The first-order valence-corrected chi connectivity index (χ1v) is 17.2. The standard InChI is InChI=1S/C35H58N4O7/c1-10-14-24(28(41)30(43)36-18-17-22(40)19-33(2,3)4)37-29(42)27-25-23(35(25,8)9)20-39(27)31(44)26(21-15-12-11-13-16-21)38-32(45)46-34(5,6)7/h21,23-27H,10-20H2,1-9H3,(H,36,43)(H,37,42)(H,38,45)/t23-,24?,25-,26?,27-/m0/s1. The normalized spacial score (nSPS) is 23.8. The van der Waals surface area contributed by atoms with Crippen molar-refractivity contribution in [3.05, 3.63) is 0 Å². The van der Waals surface area contributed by atoms with Gasteiger partial charge in [0.25, 0.3) is 5.91 Å². The third-order valence-electron chi connectivity index (χ3n) is 9.67. The van der Waals surface area contributed by atoms with Crippen LogP contribution in [-0.4, -0.2) is 77.1 Å². The number of ether oxygens (including phenoxy) is 1. The molecule has 3 rings (SSSR count). The van der Waals surface area contributed by atoms with Gasteiger partial charge in [-0.05, 0) is 68.6 Å². The minimum atomic E-state index is -1.06. The molecule has 11 heteroatoms. The maximum atomic E-state index is 14.3. The van der Waals surface area contributed by atoms with Crippen molar-refractivity contribution in [3.8, 4) is 0 Å². The van der Waals surface area contributed by atoms with E-state index in [0.29, 0.717) is 19.4 Å². The molecule has 1 aliphatic heterocycles. The molecule has 46 heavy (non-hydrogen) atoms. The van der Waals surface area contributed by atoms with Crippen molar-refractivity contribution in [2.24, 2.45) is 28.6 Å². The highest BCUT2D eigenvalue weighted by Crippen LogP contribution is 2.65. The second-order valence-corrected chi connectivity index (χ2v) is 16.4. The van der Waals surface area contributed by atoms with Crippen LogP contribution in [0.15, 0.2) is 0 Å². The first-order valence-electron chi connectivity index (χ1n) is 17.2. The summed E-state index contributed by atoms with van der Waals surface area (Å²) in [5, 5.41) is 8.21. The second kappa shape index (κ2) is 14.8. The maximum absolute atomic E-state index is 14.3. The van der Waals surface area contributed by atoms with Crippen molar-refractivity contribution < 1.29 is 33.5 Å². The molecule has 4 amide bonds. The van der Waals surface area contributed by atoms with Crippen LogP contribution in [0.3, 0.4) is 0 Å². The van der Waals surface area contributed by atoms with Gasteiger partial charge in [0.2, 0.25) is 17.6 Å². The maximum Gasteiger partial charge on any atom is 0.408 e. The van der Waals surface area contributed by atoms with Crippen molar-refractivity contribution in [1.29, 1.82) is 0 Å². The number of fused-ring (bicyclic) bond motifs is 1. The molecule has 0 radical (unpaired) electrons. The summed E-state index contributed by atoms with van der Waals surface area (Å²) in [7, 11) is 0. The summed E-state index contributed by atoms with van der Waals surface area (Å²) in [4.78, 5) is 81.0. The lowest BCUT2D eigenvalue weighted by Crippen LogP contribution is -2.59. The molecular weight excluding hydrogens is 588 g/mol. The van der Waals surface area contributed by atoms with Gasteiger partial charge in [-0.2, -0.15) is 0 Å². The lowest BCUT2D eigenvalue weighted by atomic mass is 9.83. The summed E-state index contributed by atoms with van der Waals surface area (Å²) >= 11 is 0. The van der Waals surface area contributed by atoms with Crippen molar-refractivity contribution in [2.75, 3.05) is 13.1 Å². The van der Waals surface area contributed by atoms with E-state index in [4.69, 9.17) is 4.74 Å². The molecule has 11 nitrogen and oxygen atoms in total. The van der Waals surface area contributed by atoms with Gasteiger partial charge in [-0.25, -0.2) is 4.79 Å². The van der Waals surface area contributed by atoms with E-state index in [0.717, 1.165) is 32.1 Å². The minimum absolute atomic E-state index is 0.000978. The summed E-state index contributed by atoms with van der Waals surface area (Å²) in [6.07, 6.45) is 5.20. The van der Waals surface area contributed by atoms with E-state index < -0.39 is 47.4 Å². The molecular formula is C35H58N4O7. The number of alkyl carbamates (subject to hydrolysis) is 1. The largest absolute Gasteiger partial charge is 0.444 e. The van der Waals surface area contributed by atoms with Crippen LogP contribution in [-0.2, 0) is 28.7 Å². The molecule has 5 atom stereocenters. The summed E-state index contributed by atoms with van der Waals surface area (Å²) in [6.45, 7) is 17.6. The van der Waals surface area contributed by atoms with Crippen LogP contribution >= 0.6 is 0 Å². The molecule has 3 fully saturated rings. The van der Waals surface area contributed by atoms with E-state index >= 15 is 0 Å². The number of nitrogens with one attached hydrogen (secondary N) is 3. The van der Waals surface area contributed by atoms with Gasteiger partial charge in [0.1, 0.15) is 23.5 Å². The molecule has 1 heterocycles. The number of nitrogens with zero attached hydrogens (tertiary/aromatic N) is 1. The number of hydrogen-bond donors (Lipinski definition) is 3. The molecule has 3 N–H and O–H groups in total. The Morgan fingerprint density at radius 2 is 1.57 bits per heavy atom. The highest BCUT2D eigenvalue weighted by atomic mass is 16.6. The third-order valence-corrected chi connectivity index (χ3v) is 9.67. The average molecular weight is 647 g/mol. The van der Waals surface area contributed by atoms with Gasteiger partial charge in [0, 0.05) is 25.9 Å². The molecule has 2 saturated carbocycles. The fraction of sp³-hybridized carbons (Fsp3) is 0.829. The van der Waals surface area contributed by atoms with Gasteiger partial charge in [0.15, 0.2) is 0 Å². The predicted molar refractivity (Wildman–Crippen MR) is 175 cm³/mol. The zero-order chi connectivity index (χ0) is 34.6. The number of carbonyl (C=O) groups excluding carboxylic acids is 6. The molecule has 0 aromatic rings. The zero-order valence-electron chi connectivity index (χ0n) is 29.5. The molecule has 260 valence electrons. The molecule has 0 aromatic heterocycles. The Morgan fingerprint density at radius 3 is 2.13 bits per heavy atom. The van der Waals surface area contributed by atoms with Crippen molar-refractivity contribution in [2.45, 2.75) is 144 Å². The van der Waals surface area contributed by atoms with Crippen LogP contribution in [0, 0.1) is 28.6 Å². The van der Waals surface area contributed by atoms with E-state index in [1.54, 1.807) is 25.7 Å². The van der Waals surface area contributed by atoms with E-state index in [1.165, 1.54) is 0 Å². The molecule has 0 spiro atoms. The summed E-state index contributed by atoms with van der Waals surface area (Å²) in [6, 6.07) is -2.72. The topological polar surface area (TPSA) is 151 Å². The lowest BCUT2D eigenvalue weighted by molar-refractivity contribution is -0.145. The Kier molecular flexibility index (Phi) is 12.1. The number of ketones is 2. The smallest absolute Gasteiger partial charge is 0.408 e. The van der Waals surface area contributed by atoms with Crippen molar-refractivity contribution in [1.82, 2.24) is 20.9 Å². The molecule has 0 bridgehead atoms. The number of carbonyl (C=O) groups is 6. The number of hydrogen-bond acceptors (Lipinski definition) is 7. The molecule has 2 unspecified atom stereocenters.